The second kappa shape index (κ2) is 5.97. The lowest BCUT2D eigenvalue weighted by Gasteiger charge is -2.20. The molecule has 102 valence electrons. The van der Waals surface area contributed by atoms with Crippen LogP contribution < -0.4 is 0 Å². The third-order valence-corrected chi connectivity index (χ3v) is 3.62. The van der Waals surface area contributed by atoms with Gasteiger partial charge in [-0.05, 0) is 30.2 Å². The molecule has 0 aliphatic heterocycles. The first-order valence-corrected chi connectivity index (χ1v) is 6.64. The topological polar surface area (TPSA) is 48.9 Å². The number of halogens is 1. The van der Waals surface area contributed by atoms with E-state index in [9.17, 15) is 9.50 Å². The van der Waals surface area contributed by atoms with Gasteiger partial charge in [0.1, 0.15) is 5.82 Å². The van der Waals surface area contributed by atoms with Crippen LogP contribution in [0.4, 0.5) is 4.39 Å². The number of nitrogens with one attached hydrogen (secondary N) is 1. The molecule has 1 atom stereocenters. The molecule has 19 heavy (non-hydrogen) atoms. The van der Waals surface area contributed by atoms with Gasteiger partial charge in [0.05, 0.1) is 18.0 Å². The lowest BCUT2D eigenvalue weighted by Crippen LogP contribution is -2.11. The van der Waals surface area contributed by atoms with Crippen molar-refractivity contribution in [3.63, 3.8) is 0 Å². The van der Waals surface area contributed by atoms with Crippen LogP contribution in [-0.4, -0.2) is 15.3 Å². The quantitative estimate of drug-likeness (QED) is 0.863. The van der Waals surface area contributed by atoms with E-state index in [0.717, 1.165) is 29.7 Å². The molecule has 0 fully saturated rings. The van der Waals surface area contributed by atoms with Crippen molar-refractivity contribution in [1.82, 2.24) is 10.2 Å². The van der Waals surface area contributed by atoms with Gasteiger partial charge in [0.2, 0.25) is 0 Å². The minimum Gasteiger partial charge on any atom is -0.388 e. The molecule has 0 saturated carbocycles. The van der Waals surface area contributed by atoms with Gasteiger partial charge in [-0.2, -0.15) is 5.10 Å². The summed E-state index contributed by atoms with van der Waals surface area (Å²) in [5.74, 6) is -0.0674. The van der Waals surface area contributed by atoms with Gasteiger partial charge < -0.3 is 5.11 Å². The maximum Gasteiger partial charge on any atom is 0.123 e. The first-order valence-electron chi connectivity index (χ1n) is 6.64. The molecule has 3 nitrogen and oxygen atoms in total. The summed E-state index contributed by atoms with van der Waals surface area (Å²) in [6.45, 7) is 4.13. The summed E-state index contributed by atoms with van der Waals surface area (Å²) in [6, 6.07) is 6.19. The van der Waals surface area contributed by atoms with Crippen LogP contribution >= 0.6 is 0 Å². The number of nitrogens with zero attached hydrogens (tertiary/aromatic N) is 1. The molecule has 4 heteroatoms. The Morgan fingerprint density at radius 1 is 1.21 bits per heavy atom. The highest BCUT2D eigenvalue weighted by atomic mass is 19.1. The lowest BCUT2D eigenvalue weighted by atomic mass is 9.90. The summed E-state index contributed by atoms with van der Waals surface area (Å²) in [5.41, 5.74) is 2.37. The smallest absolute Gasteiger partial charge is 0.123 e. The number of hydrogen-bond donors (Lipinski definition) is 2. The van der Waals surface area contributed by atoms with Crippen LogP contribution in [-0.2, 0) is 0 Å². The fourth-order valence-corrected chi connectivity index (χ4v) is 2.36. The molecule has 1 heterocycles. The van der Waals surface area contributed by atoms with Crippen molar-refractivity contribution in [1.29, 1.82) is 0 Å². The average Bonchev–Trinajstić information content (AvgIpc) is 2.90. The number of aromatic amines is 1. The SMILES string of the molecule is CCC(CC)C(O)c1cn[nH]c1-c1ccc(F)cc1. The fraction of sp³-hybridized carbons (Fsp3) is 0.400. The summed E-state index contributed by atoms with van der Waals surface area (Å²) in [7, 11) is 0. The second-order valence-electron chi connectivity index (χ2n) is 4.73. The van der Waals surface area contributed by atoms with E-state index in [4.69, 9.17) is 0 Å². The Bertz CT molecular complexity index is 517. The summed E-state index contributed by atoms with van der Waals surface area (Å²) in [6.07, 6.45) is 2.92. The van der Waals surface area contributed by atoms with E-state index in [2.05, 4.69) is 24.0 Å². The zero-order valence-electron chi connectivity index (χ0n) is 11.2. The van der Waals surface area contributed by atoms with Crippen molar-refractivity contribution in [3.8, 4) is 11.3 Å². The van der Waals surface area contributed by atoms with Crippen LogP contribution in [0.25, 0.3) is 11.3 Å². The van der Waals surface area contributed by atoms with Gasteiger partial charge in [0.15, 0.2) is 0 Å². The van der Waals surface area contributed by atoms with Gasteiger partial charge in [-0.3, -0.25) is 5.10 Å². The molecule has 0 aliphatic rings. The first kappa shape index (κ1) is 13.7. The van der Waals surface area contributed by atoms with E-state index < -0.39 is 6.10 Å². The minimum absolute atomic E-state index is 0.205. The Morgan fingerprint density at radius 3 is 2.42 bits per heavy atom. The van der Waals surface area contributed by atoms with E-state index in [-0.39, 0.29) is 11.7 Å². The maximum atomic E-state index is 12.9. The highest BCUT2D eigenvalue weighted by Gasteiger charge is 2.22. The van der Waals surface area contributed by atoms with Crippen LogP contribution in [0.3, 0.4) is 0 Å². The Hall–Kier alpha value is -1.68. The summed E-state index contributed by atoms with van der Waals surface area (Å²) >= 11 is 0. The fourth-order valence-electron chi connectivity index (χ4n) is 2.36. The normalized spacial score (nSPS) is 12.9. The van der Waals surface area contributed by atoms with Gasteiger partial charge in [-0.1, -0.05) is 26.7 Å². The Balaban J connectivity index is 2.34. The number of hydrogen-bond acceptors (Lipinski definition) is 2. The number of benzene rings is 1. The molecule has 1 unspecified atom stereocenters. The van der Waals surface area contributed by atoms with Gasteiger partial charge in [-0.25, -0.2) is 4.39 Å². The molecule has 1 aromatic carbocycles. The van der Waals surface area contributed by atoms with Gasteiger partial charge >= 0.3 is 0 Å². The summed E-state index contributed by atoms with van der Waals surface area (Å²) < 4.78 is 12.9. The largest absolute Gasteiger partial charge is 0.388 e. The predicted octanol–water partition coefficient (Wildman–Crippen LogP) is 3.69. The second-order valence-corrected chi connectivity index (χ2v) is 4.73. The molecule has 0 amide bonds. The molecular formula is C15H19FN2O. The van der Waals surface area contributed by atoms with E-state index in [1.807, 2.05) is 0 Å². The van der Waals surface area contributed by atoms with Gasteiger partial charge in [-0.15, -0.1) is 0 Å². The predicted molar refractivity (Wildman–Crippen MR) is 73.0 cm³/mol. The highest BCUT2D eigenvalue weighted by molar-refractivity contribution is 5.63. The molecule has 2 N–H and O–H groups in total. The lowest BCUT2D eigenvalue weighted by molar-refractivity contribution is 0.104. The summed E-state index contributed by atoms with van der Waals surface area (Å²) in [4.78, 5) is 0. The van der Waals surface area contributed by atoms with Crippen LogP contribution in [0.15, 0.2) is 30.5 Å². The van der Waals surface area contributed by atoms with Crippen LogP contribution in [0, 0.1) is 11.7 Å². The van der Waals surface area contributed by atoms with Crippen molar-refractivity contribution < 1.29 is 9.50 Å². The third kappa shape index (κ3) is 2.84. The molecule has 0 aliphatic carbocycles. The molecule has 1 aromatic heterocycles. The Labute approximate surface area is 112 Å². The van der Waals surface area contributed by atoms with E-state index in [1.54, 1.807) is 18.3 Å². The third-order valence-electron chi connectivity index (χ3n) is 3.62. The Kier molecular flexibility index (Phi) is 4.32. The van der Waals surface area contributed by atoms with Gasteiger partial charge in [0, 0.05) is 11.1 Å². The Morgan fingerprint density at radius 2 is 1.84 bits per heavy atom. The van der Waals surface area contributed by atoms with Crippen LogP contribution in [0.2, 0.25) is 0 Å². The van der Waals surface area contributed by atoms with E-state index in [1.165, 1.54) is 12.1 Å². The van der Waals surface area contributed by atoms with Crippen molar-refractivity contribution in [2.75, 3.05) is 0 Å². The zero-order chi connectivity index (χ0) is 13.8. The highest BCUT2D eigenvalue weighted by Crippen LogP contribution is 2.33. The monoisotopic (exact) mass is 262 g/mol. The average molecular weight is 262 g/mol. The standard InChI is InChI=1S/C15H19FN2O/c1-3-10(4-2)15(19)13-9-17-18-14(13)11-5-7-12(16)8-6-11/h5-10,15,19H,3-4H2,1-2H3,(H,17,18). The first-order chi connectivity index (χ1) is 9.17. The number of aliphatic hydroxyl groups excluding tert-OH is 1. The number of aromatic nitrogens is 2. The van der Waals surface area contributed by atoms with Crippen LogP contribution in [0.1, 0.15) is 38.4 Å². The molecular weight excluding hydrogens is 243 g/mol. The molecule has 0 spiro atoms. The molecule has 0 bridgehead atoms. The van der Waals surface area contributed by atoms with E-state index in [0.29, 0.717) is 0 Å². The molecule has 2 rings (SSSR count). The van der Waals surface area contributed by atoms with Crippen LogP contribution in [0.5, 0.6) is 0 Å². The maximum absolute atomic E-state index is 12.9. The number of H-pyrrole nitrogens is 1. The minimum atomic E-state index is -0.547. The number of rotatable bonds is 5. The molecule has 0 saturated heterocycles. The van der Waals surface area contributed by atoms with Gasteiger partial charge in [0.25, 0.3) is 0 Å². The zero-order valence-corrected chi connectivity index (χ0v) is 11.2. The van der Waals surface area contributed by atoms with Crippen molar-refractivity contribution in [3.05, 3.63) is 41.8 Å². The van der Waals surface area contributed by atoms with Crippen molar-refractivity contribution in [2.24, 2.45) is 5.92 Å². The number of aliphatic hydroxyl groups is 1. The molecule has 0 radical (unpaired) electrons. The summed E-state index contributed by atoms with van der Waals surface area (Å²) in [5, 5.41) is 17.3. The van der Waals surface area contributed by atoms with Crippen molar-refractivity contribution >= 4 is 0 Å². The molecule has 2 aromatic rings. The van der Waals surface area contributed by atoms with Crippen molar-refractivity contribution in [2.45, 2.75) is 32.8 Å². The van der Waals surface area contributed by atoms with E-state index >= 15 is 0 Å².